The molecule has 11 atom stereocenters. The molecule has 4 heterocycles. The lowest BCUT2D eigenvalue weighted by atomic mass is 9.58. The Balaban J connectivity index is 1.35. The number of aliphatic carboxylic acids is 1. The van der Waals surface area contributed by atoms with Crippen molar-refractivity contribution in [2.24, 2.45) is 29.6 Å². The quantitative estimate of drug-likeness (QED) is 0.202. The van der Waals surface area contributed by atoms with Crippen LogP contribution in [-0.4, -0.2) is 76.1 Å². The van der Waals surface area contributed by atoms with Crippen LogP contribution in [0.25, 0.3) is 0 Å². The fourth-order valence-electron chi connectivity index (χ4n) is 7.02. The molecule has 0 aromatic rings. The van der Waals surface area contributed by atoms with Gasteiger partial charge in [-0.1, -0.05) is 27.7 Å². The molecule has 0 aromatic heterocycles. The average molecular weight is 599 g/mol. The highest BCUT2D eigenvalue weighted by molar-refractivity contribution is 5.91. The largest absolute Gasteiger partial charge is 0.480 e. The maximum Gasteiger partial charge on any atom is 0.328 e. The Labute approximate surface area is 246 Å². The lowest BCUT2D eigenvalue weighted by molar-refractivity contribution is -0.576. The lowest BCUT2D eigenvalue weighted by Crippen LogP contribution is -2.70. The Morgan fingerprint density at radius 2 is 1.71 bits per heavy atom. The molecule has 5 aliphatic rings. The normalized spacial score (nSPS) is 37.5. The van der Waals surface area contributed by atoms with Crippen molar-refractivity contribution in [1.29, 1.82) is 0 Å². The first-order valence-corrected chi connectivity index (χ1v) is 15.1. The predicted molar refractivity (Wildman–Crippen MR) is 145 cm³/mol. The molecule has 1 aliphatic carbocycles. The minimum absolute atomic E-state index is 0.00504. The standard InChI is InChI=1S/C29H46N2O11/c1-14(2)13-20(24(35)31-23(17(5)32)25(36)37)30-21(33)9-10-22(34)38-26-16(4)19-8-7-15(3)18-11-12-28(6)40-27(39-26)29(18,19)42-41-28/h14-20,23,26-27,32H,7-13H2,1-6H3,(H,30,33)(H,31,35)(H,36,37)/t15-,16-,17?,18+,19+,20+,23+,26-,27-,28+,29-/m1/s1. The first-order chi connectivity index (χ1) is 19.7. The third kappa shape index (κ3) is 6.59. The molecular formula is C29H46N2O11. The SMILES string of the molecule is CC(C)C[C@H](NC(=O)CCC(=O)O[C@@H]1O[C@@H]2O[C@]3(C)CC[C@H]4[C@H](C)CC[C@@H]([C@H]1C)[C@@]24OO3)C(=O)N[C@H](C(=O)O)C(C)O. The van der Waals surface area contributed by atoms with E-state index in [1.165, 1.54) is 6.92 Å². The first-order valence-electron chi connectivity index (χ1n) is 15.1. The molecule has 5 rings (SSSR count). The van der Waals surface area contributed by atoms with Gasteiger partial charge in [-0.25, -0.2) is 14.6 Å². The van der Waals surface area contributed by atoms with E-state index in [1.807, 2.05) is 27.7 Å². The van der Waals surface area contributed by atoms with Crippen molar-refractivity contribution in [2.45, 2.75) is 129 Å². The van der Waals surface area contributed by atoms with Crippen LogP contribution in [0, 0.1) is 29.6 Å². The van der Waals surface area contributed by atoms with Crippen LogP contribution < -0.4 is 10.6 Å². The molecule has 13 heteroatoms. The number of rotatable bonds is 11. The van der Waals surface area contributed by atoms with Gasteiger partial charge in [-0.3, -0.25) is 14.4 Å². The molecule has 238 valence electrons. The van der Waals surface area contributed by atoms with Gasteiger partial charge in [0.15, 0.2) is 17.9 Å². The molecule has 1 saturated carbocycles. The van der Waals surface area contributed by atoms with Crippen LogP contribution in [0.5, 0.6) is 0 Å². The highest BCUT2D eigenvalue weighted by Crippen LogP contribution is 2.60. The van der Waals surface area contributed by atoms with Crippen molar-refractivity contribution >= 4 is 23.8 Å². The summed E-state index contributed by atoms with van der Waals surface area (Å²) < 4.78 is 18.3. The number of fused-ring (bicyclic) bond motifs is 2. The van der Waals surface area contributed by atoms with Crippen molar-refractivity contribution in [3.8, 4) is 0 Å². The minimum Gasteiger partial charge on any atom is -0.480 e. The summed E-state index contributed by atoms with van der Waals surface area (Å²) in [5.41, 5.74) is -0.782. The van der Waals surface area contributed by atoms with E-state index in [2.05, 4.69) is 17.6 Å². The van der Waals surface area contributed by atoms with Crippen LogP contribution in [0.4, 0.5) is 0 Å². The molecule has 0 aromatic carbocycles. The van der Waals surface area contributed by atoms with Crippen LogP contribution in [0.2, 0.25) is 0 Å². The van der Waals surface area contributed by atoms with Crippen LogP contribution in [-0.2, 0) is 43.2 Å². The summed E-state index contributed by atoms with van der Waals surface area (Å²) in [6, 6.07) is -2.56. The molecule has 1 spiro atoms. The average Bonchev–Trinajstić information content (AvgIpc) is 3.13. The van der Waals surface area contributed by atoms with E-state index in [4.69, 9.17) is 24.0 Å². The molecule has 2 bridgehead atoms. The van der Waals surface area contributed by atoms with E-state index in [1.54, 1.807) is 0 Å². The molecule has 1 unspecified atom stereocenters. The van der Waals surface area contributed by atoms with E-state index in [0.29, 0.717) is 12.3 Å². The van der Waals surface area contributed by atoms with E-state index in [0.717, 1.165) is 19.3 Å². The van der Waals surface area contributed by atoms with Crippen molar-refractivity contribution in [3.63, 3.8) is 0 Å². The van der Waals surface area contributed by atoms with Crippen molar-refractivity contribution < 1.29 is 53.4 Å². The zero-order valence-corrected chi connectivity index (χ0v) is 25.3. The molecule has 42 heavy (non-hydrogen) atoms. The fourth-order valence-corrected chi connectivity index (χ4v) is 7.02. The second-order valence-corrected chi connectivity index (χ2v) is 13.1. The summed E-state index contributed by atoms with van der Waals surface area (Å²) >= 11 is 0. The number of carbonyl (C=O) groups excluding carboxylic acids is 3. The van der Waals surface area contributed by atoms with Gasteiger partial charge in [0.1, 0.15) is 6.04 Å². The van der Waals surface area contributed by atoms with Crippen LogP contribution in [0.15, 0.2) is 0 Å². The number of carboxylic acids is 1. The highest BCUT2D eigenvalue weighted by Gasteiger charge is 2.69. The molecule has 4 saturated heterocycles. The minimum atomic E-state index is -1.52. The molecule has 4 N–H and O–H groups in total. The van der Waals surface area contributed by atoms with Crippen molar-refractivity contribution in [1.82, 2.24) is 10.6 Å². The van der Waals surface area contributed by atoms with E-state index in [9.17, 15) is 29.4 Å². The second-order valence-electron chi connectivity index (χ2n) is 13.1. The molecule has 0 radical (unpaired) electrons. The number of amides is 2. The third-order valence-corrected chi connectivity index (χ3v) is 9.31. The predicted octanol–water partition coefficient (Wildman–Crippen LogP) is 2.00. The number of esters is 1. The highest BCUT2D eigenvalue weighted by atomic mass is 17.3. The van der Waals surface area contributed by atoms with Gasteiger partial charge in [0.25, 0.3) is 0 Å². The Hall–Kier alpha value is -2.32. The van der Waals surface area contributed by atoms with Gasteiger partial charge in [-0.2, -0.15) is 0 Å². The fraction of sp³-hybridized carbons (Fsp3) is 0.862. The van der Waals surface area contributed by atoms with Gasteiger partial charge < -0.3 is 35.1 Å². The summed E-state index contributed by atoms with van der Waals surface area (Å²) in [5.74, 6) is -3.95. The monoisotopic (exact) mass is 598 g/mol. The molecule has 13 nitrogen and oxygen atoms in total. The molecule has 4 aliphatic heterocycles. The van der Waals surface area contributed by atoms with Crippen LogP contribution in [0.1, 0.15) is 86.5 Å². The zero-order chi connectivity index (χ0) is 31.0. The Morgan fingerprint density at radius 3 is 2.36 bits per heavy atom. The number of carbonyl (C=O) groups is 4. The summed E-state index contributed by atoms with van der Waals surface area (Å²) in [6.07, 6.45) is 0.133. The number of carboxylic acid groups (broad SMARTS) is 1. The van der Waals surface area contributed by atoms with Gasteiger partial charge in [0.2, 0.25) is 23.9 Å². The van der Waals surface area contributed by atoms with Gasteiger partial charge in [-0.15, -0.1) is 0 Å². The topological polar surface area (TPSA) is 179 Å². The molecule has 2 amide bonds. The maximum atomic E-state index is 12.9. The Bertz CT molecular complexity index is 1040. The van der Waals surface area contributed by atoms with E-state index >= 15 is 0 Å². The number of ether oxygens (including phenoxy) is 3. The molecular weight excluding hydrogens is 552 g/mol. The number of nitrogens with one attached hydrogen (secondary N) is 2. The second kappa shape index (κ2) is 12.7. The summed E-state index contributed by atoms with van der Waals surface area (Å²) in [6.45, 7) is 10.9. The van der Waals surface area contributed by atoms with Crippen molar-refractivity contribution in [3.05, 3.63) is 0 Å². The lowest BCUT2D eigenvalue weighted by Gasteiger charge is -2.59. The van der Waals surface area contributed by atoms with Gasteiger partial charge >= 0.3 is 11.9 Å². The van der Waals surface area contributed by atoms with Crippen molar-refractivity contribution in [2.75, 3.05) is 0 Å². The number of aliphatic hydroxyl groups excluding tert-OH is 1. The van der Waals surface area contributed by atoms with E-state index in [-0.39, 0.29) is 42.9 Å². The Kier molecular flexibility index (Phi) is 9.88. The van der Waals surface area contributed by atoms with Gasteiger partial charge in [0, 0.05) is 24.7 Å². The first kappa shape index (κ1) is 32.6. The van der Waals surface area contributed by atoms with Crippen LogP contribution in [0.3, 0.4) is 0 Å². The summed E-state index contributed by atoms with van der Waals surface area (Å²) in [4.78, 5) is 61.6. The Morgan fingerprint density at radius 1 is 1.00 bits per heavy atom. The van der Waals surface area contributed by atoms with E-state index < -0.39 is 65.9 Å². The maximum absolute atomic E-state index is 12.9. The molecule has 5 fully saturated rings. The zero-order valence-electron chi connectivity index (χ0n) is 25.3. The number of aliphatic hydroxyl groups is 1. The van der Waals surface area contributed by atoms with Gasteiger partial charge in [0.05, 0.1) is 12.5 Å². The summed E-state index contributed by atoms with van der Waals surface area (Å²) in [7, 11) is 0. The third-order valence-electron chi connectivity index (χ3n) is 9.31. The van der Waals surface area contributed by atoms with Gasteiger partial charge in [-0.05, 0) is 57.3 Å². The summed E-state index contributed by atoms with van der Waals surface area (Å²) in [5, 5.41) is 23.8. The van der Waals surface area contributed by atoms with Crippen LogP contribution >= 0.6 is 0 Å². The number of hydrogen-bond acceptors (Lipinski definition) is 10. The smallest absolute Gasteiger partial charge is 0.328 e. The number of hydrogen-bond donors (Lipinski definition) is 4.